The van der Waals surface area contributed by atoms with E-state index in [-0.39, 0.29) is 11.8 Å². The second-order valence-corrected chi connectivity index (χ2v) is 7.12. The van der Waals surface area contributed by atoms with Crippen molar-refractivity contribution in [1.29, 1.82) is 0 Å². The number of carbonyl (C=O) groups excluding carboxylic acids is 2. The van der Waals surface area contributed by atoms with E-state index in [1.54, 1.807) is 29.5 Å². The minimum atomic E-state index is -0.933. The van der Waals surface area contributed by atoms with Gasteiger partial charge in [0.15, 0.2) is 0 Å². The van der Waals surface area contributed by atoms with Crippen LogP contribution in [0.15, 0.2) is 41.8 Å². The van der Waals surface area contributed by atoms with Gasteiger partial charge in [0.1, 0.15) is 11.8 Å². The van der Waals surface area contributed by atoms with E-state index >= 15 is 0 Å². The van der Waals surface area contributed by atoms with Crippen molar-refractivity contribution in [2.24, 2.45) is 0 Å². The first-order valence-corrected chi connectivity index (χ1v) is 9.64. The third-order valence-electron chi connectivity index (χ3n) is 4.55. The summed E-state index contributed by atoms with van der Waals surface area (Å²) < 4.78 is 5.41. The summed E-state index contributed by atoms with van der Waals surface area (Å²) in [5, 5.41) is 14.0. The molecule has 1 aliphatic rings. The number of amides is 2. The van der Waals surface area contributed by atoms with Crippen LogP contribution in [0.1, 0.15) is 9.67 Å². The number of aliphatic hydroxyl groups excluding tert-OH is 1. The van der Waals surface area contributed by atoms with Crippen LogP contribution in [0.3, 0.4) is 0 Å². The number of nitrogens with one attached hydrogen (secondary N) is 1. The molecule has 7 nitrogen and oxygen atoms in total. The van der Waals surface area contributed by atoms with Crippen LogP contribution in [0.2, 0.25) is 0 Å². The number of carbonyl (C=O) groups is 2. The molecule has 1 saturated heterocycles. The second-order valence-electron chi connectivity index (χ2n) is 6.17. The van der Waals surface area contributed by atoms with Crippen LogP contribution < -0.4 is 15.0 Å². The van der Waals surface area contributed by atoms with Crippen molar-refractivity contribution in [1.82, 2.24) is 10.2 Å². The topological polar surface area (TPSA) is 82.1 Å². The Morgan fingerprint density at radius 2 is 1.93 bits per heavy atom. The van der Waals surface area contributed by atoms with Gasteiger partial charge in [0.25, 0.3) is 5.91 Å². The summed E-state index contributed by atoms with van der Waals surface area (Å²) in [6.45, 7) is 1.92. The first-order chi connectivity index (χ1) is 13.1. The van der Waals surface area contributed by atoms with E-state index in [2.05, 4.69) is 10.2 Å². The van der Waals surface area contributed by atoms with Gasteiger partial charge in [0.2, 0.25) is 5.91 Å². The van der Waals surface area contributed by atoms with Crippen molar-refractivity contribution in [2.45, 2.75) is 6.04 Å². The highest BCUT2D eigenvalue weighted by atomic mass is 32.1. The van der Waals surface area contributed by atoms with E-state index < -0.39 is 12.6 Å². The number of nitrogens with zero attached hydrogens (tertiary/aromatic N) is 2. The molecule has 27 heavy (non-hydrogen) atoms. The van der Waals surface area contributed by atoms with E-state index in [1.807, 2.05) is 24.3 Å². The molecule has 0 radical (unpaired) electrons. The van der Waals surface area contributed by atoms with E-state index in [9.17, 15) is 14.7 Å². The molecule has 1 fully saturated rings. The van der Waals surface area contributed by atoms with Gasteiger partial charge in [-0.3, -0.25) is 9.59 Å². The van der Waals surface area contributed by atoms with Crippen molar-refractivity contribution < 1.29 is 19.4 Å². The zero-order valence-corrected chi connectivity index (χ0v) is 15.9. The lowest BCUT2D eigenvalue weighted by Crippen LogP contribution is -2.56. The van der Waals surface area contributed by atoms with E-state index in [4.69, 9.17) is 4.74 Å². The lowest BCUT2D eigenvalue weighted by Gasteiger charge is -2.37. The predicted octanol–water partition coefficient (Wildman–Crippen LogP) is 1.20. The molecule has 2 heterocycles. The van der Waals surface area contributed by atoms with Gasteiger partial charge in [-0.25, -0.2) is 0 Å². The highest BCUT2D eigenvalue weighted by molar-refractivity contribution is 7.12. The molecule has 2 N–H and O–H groups in total. The monoisotopic (exact) mass is 389 g/mol. The summed E-state index contributed by atoms with van der Waals surface area (Å²) in [5.41, 5.74) is 0.997. The molecule has 1 aromatic carbocycles. The number of thiophene rings is 1. The normalized spacial score (nSPS) is 15.3. The summed E-state index contributed by atoms with van der Waals surface area (Å²) in [7, 11) is 1.64. The van der Waals surface area contributed by atoms with Crippen molar-refractivity contribution in [3.63, 3.8) is 0 Å². The molecule has 2 amide bonds. The fourth-order valence-electron chi connectivity index (χ4n) is 3.10. The van der Waals surface area contributed by atoms with Crippen LogP contribution in [-0.4, -0.2) is 67.8 Å². The van der Waals surface area contributed by atoms with Gasteiger partial charge >= 0.3 is 0 Å². The molecule has 1 aliphatic heterocycles. The Kier molecular flexibility index (Phi) is 6.31. The molecular formula is C19H23N3O4S. The molecule has 144 valence electrons. The van der Waals surface area contributed by atoms with Gasteiger partial charge in [-0.1, -0.05) is 18.2 Å². The minimum absolute atomic E-state index is 0.262. The Hall–Kier alpha value is -2.58. The number of hydrogen-bond donors (Lipinski definition) is 2. The van der Waals surface area contributed by atoms with Gasteiger partial charge in [-0.2, -0.15) is 0 Å². The third-order valence-corrected chi connectivity index (χ3v) is 5.42. The molecule has 0 spiro atoms. The zero-order valence-electron chi connectivity index (χ0n) is 15.1. The van der Waals surface area contributed by atoms with Gasteiger partial charge in [0.05, 0.1) is 24.3 Å². The van der Waals surface area contributed by atoms with Gasteiger partial charge in [0, 0.05) is 26.2 Å². The fraction of sp³-hybridized carbons (Fsp3) is 0.368. The highest BCUT2D eigenvalue weighted by Gasteiger charge is 2.29. The van der Waals surface area contributed by atoms with Crippen molar-refractivity contribution in [3.8, 4) is 5.75 Å². The summed E-state index contributed by atoms with van der Waals surface area (Å²) in [6, 6.07) is 10.3. The standard InChI is InChI=1S/C19H23N3O4S/c1-26-16-6-3-2-5-15(16)21-8-10-22(11-9-21)19(25)14(13-23)20-18(24)17-7-4-12-27-17/h2-7,12,14,23H,8-11,13H2,1H3,(H,20,24)/t14-/m0/s1. The number of aliphatic hydroxyl groups is 1. The number of benzene rings is 1. The predicted molar refractivity (Wildman–Crippen MR) is 104 cm³/mol. The Morgan fingerprint density at radius 1 is 1.19 bits per heavy atom. The van der Waals surface area contributed by atoms with Crippen molar-refractivity contribution >= 4 is 28.8 Å². The molecular weight excluding hydrogens is 366 g/mol. The summed E-state index contributed by atoms with van der Waals surface area (Å²) in [4.78, 5) is 29.2. The highest BCUT2D eigenvalue weighted by Crippen LogP contribution is 2.28. The third kappa shape index (κ3) is 4.40. The van der Waals surface area contributed by atoms with Crippen LogP contribution >= 0.6 is 11.3 Å². The summed E-state index contributed by atoms with van der Waals surface area (Å²) in [5.74, 6) is 0.195. The Morgan fingerprint density at radius 3 is 2.56 bits per heavy atom. The molecule has 3 rings (SSSR count). The molecule has 1 atom stereocenters. The van der Waals surface area contributed by atoms with Crippen LogP contribution in [0.5, 0.6) is 5.75 Å². The molecule has 8 heteroatoms. The SMILES string of the molecule is COc1ccccc1N1CCN(C(=O)[C@H](CO)NC(=O)c2cccs2)CC1. The number of rotatable bonds is 6. The van der Waals surface area contributed by atoms with E-state index in [0.29, 0.717) is 31.1 Å². The largest absolute Gasteiger partial charge is 0.495 e. The van der Waals surface area contributed by atoms with Crippen molar-refractivity contribution in [3.05, 3.63) is 46.7 Å². The molecule has 0 unspecified atom stereocenters. The van der Waals surface area contributed by atoms with Crippen LogP contribution in [0, 0.1) is 0 Å². The number of anilines is 1. The zero-order chi connectivity index (χ0) is 19.2. The number of para-hydroxylation sites is 2. The summed E-state index contributed by atoms with van der Waals surface area (Å²) >= 11 is 1.30. The number of ether oxygens (including phenoxy) is 1. The Labute approximate surface area is 162 Å². The number of hydrogen-bond acceptors (Lipinski definition) is 6. The van der Waals surface area contributed by atoms with Gasteiger partial charge < -0.3 is 25.0 Å². The van der Waals surface area contributed by atoms with E-state index in [1.165, 1.54) is 11.3 Å². The Bertz CT molecular complexity index is 773. The minimum Gasteiger partial charge on any atom is -0.495 e. The number of piperazine rings is 1. The Balaban J connectivity index is 1.59. The van der Waals surface area contributed by atoms with Gasteiger partial charge in [-0.15, -0.1) is 11.3 Å². The van der Waals surface area contributed by atoms with Crippen LogP contribution in [-0.2, 0) is 4.79 Å². The molecule has 0 bridgehead atoms. The lowest BCUT2D eigenvalue weighted by molar-refractivity contribution is -0.134. The van der Waals surface area contributed by atoms with E-state index in [0.717, 1.165) is 11.4 Å². The smallest absolute Gasteiger partial charge is 0.262 e. The first-order valence-electron chi connectivity index (χ1n) is 8.76. The first kappa shape index (κ1) is 19.2. The average molecular weight is 389 g/mol. The lowest BCUT2D eigenvalue weighted by atomic mass is 10.2. The maximum Gasteiger partial charge on any atom is 0.262 e. The number of methoxy groups -OCH3 is 1. The van der Waals surface area contributed by atoms with Crippen LogP contribution in [0.25, 0.3) is 0 Å². The maximum absolute atomic E-state index is 12.7. The maximum atomic E-state index is 12.7. The second kappa shape index (κ2) is 8.88. The molecule has 0 saturated carbocycles. The fourth-order valence-corrected chi connectivity index (χ4v) is 3.73. The average Bonchev–Trinajstić information content (AvgIpc) is 3.26. The molecule has 2 aromatic rings. The molecule has 1 aromatic heterocycles. The molecule has 0 aliphatic carbocycles. The summed E-state index contributed by atoms with van der Waals surface area (Å²) in [6.07, 6.45) is 0. The van der Waals surface area contributed by atoms with Crippen molar-refractivity contribution in [2.75, 3.05) is 44.8 Å². The van der Waals surface area contributed by atoms with Gasteiger partial charge in [-0.05, 0) is 23.6 Å². The van der Waals surface area contributed by atoms with Crippen LogP contribution in [0.4, 0.5) is 5.69 Å². The quantitative estimate of drug-likeness (QED) is 0.776.